The molecule has 0 atom stereocenters. The largest absolute Gasteiger partial charge is 0.351 e. The van der Waals surface area contributed by atoms with E-state index in [0.29, 0.717) is 0 Å². The van der Waals surface area contributed by atoms with Gasteiger partial charge in [0.15, 0.2) is 0 Å². The average molecular weight is 382 g/mol. The minimum Gasteiger partial charge on any atom is -0.346 e. The molecule has 8 heteroatoms. The summed E-state index contributed by atoms with van der Waals surface area (Å²) in [5.41, 5.74) is 0.333. The van der Waals surface area contributed by atoms with Crippen LogP contribution in [0, 0.1) is 5.82 Å². The molecule has 0 aliphatic carbocycles. The third kappa shape index (κ3) is 3.90. The van der Waals surface area contributed by atoms with Crippen molar-refractivity contribution in [3.63, 3.8) is 0 Å². The first kappa shape index (κ1) is 19.2. The summed E-state index contributed by atoms with van der Waals surface area (Å²) < 4.78 is 14.8. The van der Waals surface area contributed by atoms with Crippen molar-refractivity contribution >= 4 is 5.91 Å². The number of nitrogens with one attached hydrogen (secondary N) is 1. The molecule has 7 nitrogen and oxygen atoms in total. The van der Waals surface area contributed by atoms with Crippen LogP contribution in [0.15, 0.2) is 58.1 Å². The van der Waals surface area contributed by atoms with Gasteiger partial charge >= 0.3 is 5.69 Å². The number of amides is 1. The van der Waals surface area contributed by atoms with E-state index in [1.54, 1.807) is 0 Å². The Bertz CT molecular complexity index is 1120. The summed E-state index contributed by atoms with van der Waals surface area (Å²) in [6.45, 7) is 2.26. The average Bonchev–Trinajstić information content (AvgIpc) is 2.72. The second-order valence-electron chi connectivity index (χ2n) is 6.24. The van der Waals surface area contributed by atoms with Crippen LogP contribution < -0.4 is 16.6 Å². The highest BCUT2D eigenvalue weighted by Crippen LogP contribution is 2.06. The van der Waals surface area contributed by atoms with E-state index in [-0.39, 0.29) is 12.2 Å². The van der Waals surface area contributed by atoms with Gasteiger partial charge in [-0.2, -0.15) is 9.78 Å². The van der Waals surface area contributed by atoms with Gasteiger partial charge in [-0.05, 0) is 41.8 Å². The van der Waals surface area contributed by atoms with Gasteiger partial charge in [0, 0.05) is 13.6 Å². The van der Waals surface area contributed by atoms with Gasteiger partial charge in [-0.3, -0.25) is 14.2 Å². The predicted octanol–water partition coefficient (Wildman–Crippen LogP) is 1.56. The van der Waals surface area contributed by atoms with Crippen LogP contribution in [0.2, 0.25) is 0 Å². The molecule has 0 saturated heterocycles. The maximum atomic E-state index is 13.1. The molecule has 0 bridgehead atoms. The molecule has 1 N–H and O–H groups in total. The molecule has 0 saturated carbocycles. The fourth-order valence-electron chi connectivity index (χ4n) is 2.63. The summed E-state index contributed by atoms with van der Waals surface area (Å²) >= 11 is 0. The smallest absolute Gasteiger partial charge is 0.346 e. The van der Waals surface area contributed by atoms with Crippen LogP contribution in [0.25, 0.3) is 5.69 Å². The SMILES string of the molecule is CCc1ccc(CNC(=O)c2nn(-c3ccc(F)cc3)c(=O)n(C)c2=O)cc1. The van der Waals surface area contributed by atoms with E-state index in [4.69, 9.17) is 0 Å². The van der Waals surface area contributed by atoms with E-state index in [2.05, 4.69) is 10.4 Å². The van der Waals surface area contributed by atoms with Gasteiger partial charge in [0.2, 0.25) is 5.69 Å². The molecule has 1 aromatic heterocycles. The number of hydrogen-bond donors (Lipinski definition) is 1. The fourth-order valence-corrected chi connectivity index (χ4v) is 2.63. The molecule has 28 heavy (non-hydrogen) atoms. The Morgan fingerprint density at radius 1 is 1.04 bits per heavy atom. The van der Waals surface area contributed by atoms with Gasteiger partial charge in [-0.1, -0.05) is 31.2 Å². The number of carbonyl (C=O) groups is 1. The number of rotatable bonds is 5. The molecular formula is C20H19FN4O3. The topological polar surface area (TPSA) is 86.0 Å². The van der Waals surface area contributed by atoms with E-state index in [1.807, 2.05) is 31.2 Å². The monoisotopic (exact) mass is 382 g/mol. The summed E-state index contributed by atoms with van der Waals surface area (Å²) in [5.74, 6) is -1.18. The van der Waals surface area contributed by atoms with E-state index in [1.165, 1.54) is 24.7 Å². The predicted molar refractivity (Wildman–Crippen MR) is 102 cm³/mol. The number of aryl methyl sites for hydroxylation is 1. The molecule has 0 spiro atoms. The summed E-state index contributed by atoms with van der Waals surface area (Å²) in [6, 6.07) is 12.7. The second-order valence-corrected chi connectivity index (χ2v) is 6.24. The van der Waals surface area contributed by atoms with Crippen LogP contribution in [0.4, 0.5) is 4.39 Å². The zero-order valence-electron chi connectivity index (χ0n) is 15.5. The maximum absolute atomic E-state index is 13.1. The van der Waals surface area contributed by atoms with Crippen molar-refractivity contribution in [2.45, 2.75) is 19.9 Å². The van der Waals surface area contributed by atoms with Crippen LogP contribution in [0.5, 0.6) is 0 Å². The lowest BCUT2D eigenvalue weighted by Gasteiger charge is -2.10. The van der Waals surface area contributed by atoms with E-state index in [9.17, 15) is 18.8 Å². The number of hydrogen-bond acceptors (Lipinski definition) is 4. The van der Waals surface area contributed by atoms with Crippen LogP contribution in [-0.4, -0.2) is 20.3 Å². The molecule has 144 valence electrons. The Kier molecular flexibility index (Phi) is 5.49. The normalized spacial score (nSPS) is 10.7. The third-order valence-corrected chi connectivity index (χ3v) is 4.35. The zero-order valence-corrected chi connectivity index (χ0v) is 15.5. The molecule has 0 radical (unpaired) electrons. The lowest BCUT2D eigenvalue weighted by Crippen LogP contribution is -2.44. The Labute approximate surface area is 160 Å². The highest BCUT2D eigenvalue weighted by Gasteiger charge is 2.18. The van der Waals surface area contributed by atoms with Crippen LogP contribution >= 0.6 is 0 Å². The van der Waals surface area contributed by atoms with E-state index < -0.39 is 28.7 Å². The van der Waals surface area contributed by atoms with Crippen molar-refractivity contribution in [2.24, 2.45) is 7.05 Å². The lowest BCUT2D eigenvalue weighted by molar-refractivity contribution is 0.0941. The molecular weight excluding hydrogens is 363 g/mol. The number of benzene rings is 2. The minimum absolute atomic E-state index is 0.212. The Morgan fingerprint density at radius 2 is 1.64 bits per heavy atom. The molecule has 0 aliphatic heterocycles. The third-order valence-electron chi connectivity index (χ3n) is 4.35. The standard InChI is InChI=1S/C20H19FN4O3/c1-3-13-4-6-14(7-5-13)12-22-18(26)17-19(27)24(2)20(28)25(23-17)16-10-8-15(21)9-11-16/h4-11H,3,12H2,1-2H3,(H,22,26). The summed E-state index contributed by atoms with van der Waals surface area (Å²) in [4.78, 5) is 37.2. The first-order valence-corrected chi connectivity index (χ1v) is 8.73. The zero-order chi connectivity index (χ0) is 20.3. The maximum Gasteiger partial charge on any atom is 0.351 e. The first-order chi connectivity index (χ1) is 13.4. The number of nitrogens with zero attached hydrogens (tertiary/aromatic N) is 3. The number of halogens is 1. The lowest BCUT2D eigenvalue weighted by atomic mass is 10.1. The minimum atomic E-state index is -0.804. The Morgan fingerprint density at radius 3 is 2.25 bits per heavy atom. The van der Waals surface area contributed by atoms with Gasteiger partial charge in [-0.15, -0.1) is 0 Å². The molecule has 0 aliphatic rings. The van der Waals surface area contributed by atoms with Gasteiger partial charge in [0.25, 0.3) is 11.5 Å². The number of aromatic nitrogens is 3. The molecule has 2 aromatic carbocycles. The van der Waals surface area contributed by atoms with Crippen molar-refractivity contribution < 1.29 is 9.18 Å². The second kappa shape index (κ2) is 7.99. The molecule has 0 unspecified atom stereocenters. The van der Waals surface area contributed by atoms with Gasteiger partial charge in [0.1, 0.15) is 5.82 Å². The summed E-state index contributed by atoms with van der Waals surface area (Å²) in [6.07, 6.45) is 0.914. The Balaban J connectivity index is 1.89. The highest BCUT2D eigenvalue weighted by molar-refractivity contribution is 5.91. The van der Waals surface area contributed by atoms with Crippen molar-refractivity contribution in [1.82, 2.24) is 19.7 Å². The summed E-state index contributed by atoms with van der Waals surface area (Å²) in [7, 11) is 1.26. The van der Waals surface area contributed by atoms with E-state index in [0.717, 1.165) is 33.4 Å². The summed E-state index contributed by atoms with van der Waals surface area (Å²) in [5, 5.41) is 6.55. The van der Waals surface area contributed by atoms with E-state index >= 15 is 0 Å². The molecule has 3 aromatic rings. The Hall–Kier alpha value is -3.55. The van der Waals surface area contributed by atoms with Crippen LogP contribution in [0.3, 0.4) is 0 Å². The highest BCUT2D eigenvalue weighted by atomic mass is 19.1. The van der Waals surface area contributed by atoms with Crippen molar-refractivity contribution in [2.75, 3.05) is 0 Å². The molecule has 1 heterocycles. The number of carbonyl (C=O) groups excluding carboxylic acids is 1. The van der Waals surface area contributed by atoms with Gasteiger partial charge < -0.3 is 5.32 Å². The molecule has 0 fully saturated rings. The van der Waals surface area contributed by atoms with Crippen molar-refractivity contribution in [3.05, 3.63) is 92.0 Å². The van der Waals surface area contributed by atoms with Crippen LogP contribution in [0.1, 0.15) is 28.5 Å². The molecule has 3 rings (SSSR count). The van der Waals surface area contributed by atoms with Crippen molar-refractivity contribution in [1.29, 1.82) is 0 Å². The van der Waals surface area contributed by atoms with Crippen molar-refractivity contribution in [3.8, 4) is 5.69 Å². The molecule has 1 amide bonds. The fraction of sp³-hybridized carbons (Fsp3) is 0.200. The van der Waals surface area contributed by atoms with Crippen LogP contribution in [-0.2, 0) is 20.0 Å². The quantitative estimate of drug-likeness (QED) is 0.726. The first-order valence-electron chi connectivity index (χ1n) is 8.73. The van der Waals surface area contributed by atoms with Gasteiger partial charge in [-0.25, -0.2) is 9.18 Å². The van der Waals surface area contributed by atoms with Gasteiger partial charge in [0.05, 0.1) is 5.69 Å².